The first kappa shape index (κ1) is 35.0. The summed E-state index contributed by atoms with van der Waals surface area (Å²) in [4.78, 5) is 8.58. The lowest BCUT2D eigenvalue weighted by Crippen LogP contribution is -2.06. The smallest absolute Gasteiger partial charge is 0.204 e. The van der Waals surface area contributed by atoms with Gasteiger partial charge in [0.1, 0.15) is 0 Å². The summed E-state index contributed by atoms with van der Waals surface area (Å²) in [6.07, 6.45) is 15.0. The number of nitrogens with zero attached hydrogens (tertiary/aromatic N) is 2. The second-order valence-electron chi connectivity index (χ2n) is 10.1. The number of amides is 1. The van der Waals surface area contributed by atoms with Gasteiger partial charge in [-0.1, -0.05) is 74.9 Å². The molecule has 1 aliphatic rings. The summed E-state index contributed by atoms with van der Waals surface area (Å²) >= 11 is 0. The summed E-state index contributed by atoms with van der Waals surface area (Å²) in [6.45, 7) is 5.89. The molecule has 0 spiro atoms. The van der Waals surface area contributed by atoms with Crippen molar-refractivity contribution >= 4 is 12.7 Å². The van der Waals surface area contributed by atoms with E-state index in [1.807, 2.05) is 43.0 Å². The molecule has 3 aromatic rings. The van der Waals surface area contributed by atoms with Crippen LogP contribution in [0.3, 0.4) is 0 Å². The number of carbonyl (C=O) groups is 1. The number of primary amides is 1. The van der Waals surface area contributed by atoms with E-state index in [1.165, 1.54) is 73.8 Å². The SMILES string of the molecule is C=C(C)Cc1ccc(OC)c(OC)c1.Cn1nccc1-c1cccc(CCCC2CCCCC2)c1.N=CN.NC=O. The van der Waals surface area contributed by atoms with Gasteiger partial charge < -0.3 is 20.9 Å². The molecular formula is C33H49N5O3. The van der Waals surface area contributed by atoms with Crippen LogP contribution in [0.2, 0.25) is 0 Å². The number of rotatable bonds is 9. The van der Waals surface area contributed by atoms with Crippen LogP contribution < -0.4 is 20.9 Å². The topological polar surface area (TPSA) is 129 Å². The lowest BCUT2D eigenvalue weighted by Gasteiger charge is -2.21. The van der Waals surface area contributed by atoms with Crippen molar-refractivity contribution in [2.45, 2.75) is 64.7 Å². The Labute approximate surface area is 246 Å². The molecule has 0 unspecified atom stereocenters. The van der Waals surface area contributed by atoms with Crippen LogP contribution in [0.15, 0.2) is 66.9 Å². The van der Waals surface area contributed by atoms with Crippen molar-refractivity contribution in [1.82, 2.24) is 9.78 Å². The van der Waals surface area contributed by atoms with E-state index in [9.17, 15) is 0 Å². The summed E-state index contributed by atoms with van der Waals surface area (Å²) in [5.41, 5.74) is 14.8. The Hall–Kier alpha value is -4.07. The highest BCUT2D eigenvalue weighted by atomic mass is 16.5. The molecule has 1 amide bonds. The molecule has 0 saturated heterocycles. The maximum Gasteiger partial charge on any atom is 0.204 e. The molecule has 0 atom stereocenters. The van der Waals surface area contributed by atoms with Gasteiger partial charge in [0.05, 0.1) is 26.3 Å². The fourth-order valence-electron chi connectivity index (χ4n) is 4.95. The number of carbonyl (C=O) groups excluding carboxylic acids is 1. The van der Waals surface area contributed by atoms with E-state index in [1.54, 1.807) is 14.2 Å². The zero-order valence-electron chi connectivity index (χ0n) is 25.3. The van der Waals surface area contributed by atoms with Crippen LogP contribution in [0.5, 0.6) is 11.5 Å². The molecule has 41 heavy (non-hydrogen) atoms. The number of aryl methyl sites for hydroxylation is 2. The van der Waals surface area contributed by atoms with E-state index in [2.05, 4.69) is 53.5 Å². The Morgan fingerprint density at radius 3 is 2.27 bits per heavy atom. The highest BCUT2D eigenvalue weighted by molar-refractivity contribution is 5.60. The number of allylic oxidation sites excluding steroid dienone is 1. The normalized spacial score (nSPS) is 12.2. The number of methoxy groups -OCH3 is 2. The maximum atomic E-state index is 8.58. The summed E-state index contributed by atoms with van der Waals surface area (Å²) in [5.74, 6) is 2.53. The first-order valence-corrected chi connectivity index (χ1v) is 14.1. The van der Waals surface area contributed by atoms with Gasteiger partial charge in [0.15, 0.2) is 11.5 Å². The van der Waals surface area contributed by atoms with Crippen LogP contribution in [-0.4, -0.2) is 36.7 Å². The summed E-state index contributed by atoms with van der Waals surface area (Å²) < 4.78 is 12.3. The fraction of sp³-hybridized carbons (Fsp3) is 0.424. The molecule has 8 nitrogen and oxygen atoms in total. The van der Waals surface area contributed by atoms with Gasteiger partial charge >= 0.3 is 0 Å². The molecule has 5 N–H and O–H groups in total. The Bertz CT molecular complexity index is 1160. The van der Waals surface area contributed by atoms with Crippen LogP contribution in [0.4, 0.5) is 0 Å². The first-order valence-electron chi connectivity index (χ1n) is 14.1. The third-order valence-corrected chi connectivity index (χ3v) is 6.80. The van der Waals surface area contributed by atoms with Gasteiger partial charge in [-0.15, -0.1) is 0 Å². The number of hydrogen-bond donors (Lipinski definition) is 3. The molecule has 4 rings (SSSR count). The Kier molecular flexibility index (Phi) is 17.7. The zero-order chi connectivity index (χ0) is 30.5. The van der Waals surface area contributed by atoms with Crippen molar-refractivity contribution in [2.75, 3.05) is 14.2 Å². The van der Waals surface area contributed by atoms with Gasteiger partial charge in [-0.25, -0.2) is 0 Å². The van der Waals surface area contributed by atoms with E-state index in [4.69, 9.17) is 19.7 Å². The first-order chi connectivity index (χ1) is 19.8. The van der Waals surface area contributed by atoms with Crippen molar-refractivity contribution in [1.29, 1.82) is 5.41 Å². The summed E-state index contributed by atoms with van der Waals surface area (Å²) in [6, 6.07) is 17.0. The molecule has 1 fully saturated rings. The van der Waals surface area contributed by atoms with E-state index >= 15 is 0 Å². The monoisotopic (exact) mass is 563 g/mol. The van der Waals surface area contributed by atoms with Crippen LogP contribution in [0.1, 0.15) is 63.0 Å². The number of aromatic nitrogens is 2. The molecule has 224 valence electrons. The average molecular weight is 564 g/mol. The van der Waals surface area contributed by atoms with Crippen LogP contribution in [-0.2, 0) is 24.7 Å². The highest BCUT2D eigenvalue weighted by Crippen LogP contribution is 2.29. The van der Waals surface area contributed by atoms with Gasteiger partial charge in [0, 0.05) is 18.8 Å². The third-order valence-electron chi connectivity index (χ3n) is 6.80. The number of nitrogens with two attached hydrogens (primary N) is 2. The minimum atomic E-state index is 0.250. The molecule has 1 saturated carbocycles. The van der Waals surface area contributed by atoms with Gasteiger partial charge in [0.2, 0.25) is 6.41 Å². The lowest BCUT2D eigenvalue weighted by molar-refractivity contribution is -0.106. The number of hydrogen-bond acceptors (Lipinski definition) is 5. The molecule has 2 aromatic carbocycles. The van der Waals surface area contributed by atoms with Crippen molar-refractivity contribution in [3.63, 3.8) is 0 Å². The van der Waals surface area contributed by atoms with E-state index in [-0.39, 0.29) is 6.41 Å². The van der Waals surface area contributed by atoms with Crippen LogP contribution in [0.25, 0.3) is 11.3 Å². The largest absolute Gasteiger partial charge is 0.493 e. The minimum absolute atomic E-state index is 0.250. The quantitative estimate of drug-likeness (QED) is 0.119. The molecule has 8 heteroatoms. The van der Waals surface area contributed by atoms with Crippen molar-refractivity contribution in [3.8, 4) is 22.8 Å². The molecule has 0 radical (unpaired) electrons. The van der Waals surface area contributed by atoms with Gasteiger partial charge in [-0.3, -0.25) is 14.9 Å². The second-order valence-corrected chi connectivity index (χ2v) is 10.1. The maximum absolute atomic E-state index is 8.58. The number of benzene rings is 2. The number of nitrogens with one attached hydrogen (secondary N) is 1. The predicted molar refractivity (Wildman–Crippen MR) is 169 cm³/mol. The van der Waals surface area contributed by atoms with E-state index in [0.29, 0.717) is 0 Å². The van der Waals surface area contributed by atoms with E-state index in [0.717, 1.165) is 35.7 Å². The highest BCUT2D eigenvalue weighted by Gasteiger charge is 2.13. The van der Waals surface area contributed by atoms with Gasteiger partial charge in [-0.05, 0) is 67.5 Å². The summed E-state index contributed by atoms with van der Waals surface area (Å²) in [7, 11) is 5.28. The number of ether oxygens (including phenoxy) is 2. The Morgan fingerprint density at radius 1 is 1.05 bits per heavy atom. The molecule has 1 aromatic heterocycles. The summed E-state index contributed by atoms with van der Waals surface area (Å²) in [5, 5.41) is 10.1. The Balaban J connectivity index is 0.000000364. The zero-order valence-corrected chi connectivity index (χ0v) is 25.3. The van der Waals surface area contributed by atoms with Crippen molar-refractivity contribution in [2.24, 2.45) is 24.4 Å². The minimum Gasteiger partial charge on any atom is -0.493 e. The molecular weight excluding hydrogens is 514 g/mol. The van der Waals surface area contributed by atoms with Crippen molar-refractivity contribution in [3.05, 3.63) is 78.0 Å². The van der Waals surface area contributed by atoms with E-state index < -0.39 is 0 Å². The van der Waals surface area contributed by atoms with Gasteiger partial charge in [0.25, 0.3) is 0 Å². The average Bonchev–Trinajstić information content (AvgIpc) is 3.40. The van der Waals surface area contributed by atoms with Crippen LogP contribution in [0, 0.1) is 11.3 Å². The Morgan fingerprint density at radius 2 is 1.71 bits per heavy atom. The van der Waals surface area contributed by atoms with Gasteiger partial charge in [-0.2, -0.15) is 5.10 Å². The molecule has 0 aliphatic heterocycles. The van der Waals surface area contributed by atoms with Crippen LogP contribution >= 0.6 is 0 Å². The lowest BCUT2D eigenvalue weighted by atomic mass is 9.85. The fourth-order valence-corrected chi connectivity index (χ4v) is 4.95. The third kappa shape index (κ3) is 13.7. The van der Waals surface area contributed by atoms with Crippen molar-refractivity contribution < 1.29 is 14.3 Å². The molecule has 1 heterocycles. The standard InChI is InChI=1S/C19H26N2.C12H16O2.CH4N2.CH3NO/c1-21-19(13-14-20-21)18-12-6-11-17(15-18)10-5-9-16-7-3-2-4-8-16;1-9(2)7-10-5-6-11(13-3)12(8-10)14-4;2*2-1-3/h6,11-16H,2-5,7-10H2,1H3;5-6,8H,1,7H2,2-4H3;1H,(H3,2,3);1H,(H2,2,3). The second kappa shape index (κ2) is 20.8. The molecule has 0 bridgehead atoms. The molecule has 1 aliphatic carbocycles. The predicted octanol–water partition coefficient (Wildman–Crippen LogP) is 6.47.